The minimum absolute atomic E-state index is 0.218. The summed E-state index contributed by atoms with van der Waals surface area (Å²) in [4.78, 5) is 0.218. The van der Waals surface area contributed by atoms with Crippen LogP contribution in [-0.2, 0) is 6.42 Å². The Morgan fingerprint density at radius 3 is 2.84 bits per heavy atom. The molecular formula is C16H14Br2O. The Morgan fingerprint density at radius 1 is 1.16 bits per heavy atom. The zero-order chi connectivity index (χ0) is 13.4. The van der Waals surface area contributed by atoms with Gasteiger partial charge in [0.1, 0.15) is 5.75 Å². The molecule has 2 aromatic rings. The number of hydrogen-bond donors (Lipinski definition) is 0. The average molecular weight is 382 g/mol. The van der Waals surface area contributed by atoms with Crippen LogP contribution in [-0.4, -0.2) is 6.61 Å². The van der Waals surface area contributed by atoms with E-state index in [2.05, 4.69) is 75.2 Å². The molecule has 0 aliphatic carbocycles. The van der Waals surface area contributed by atoms with E-state index >= 15 is 0 Å². The van der Waals surface area contributed by atoms with E-state index in [4.69, 9.17) is 4.74 Å². The molecule has 1 aliphatic rings. The second-order valence-electron chi connectivity index (χ2n) is 4.83. The van der Waals surface area contributed by atoms with Crippen molar-refractivity contribution >= 4 is 31.9 Å². The highest BCUT2D eigenvalue weighted by atomic mass is 79.9. The van der Waals surface area contributed by atoms with Crippen molar-refractivity contribution in [2.75, 3.05) is 6.61 Å². The molecule has 1 atom stereocenters. The van der Waals surface area contributed by atoms with Crippen molar-refractivity contribution < 1.29 is 4.74 Å². The smallest absolute Gasteiger partial charge is 0.122 e. The minimum atomic E-state index is 0.218. The summed E-state index contributed by atoms with van der Waals surface area (Å²) >= 11 is 7.37. The topological polar surface area (TPSA) is 9.23 Å². The lowest BCUT2D eigenvalue weighted by atomic mass is 9.98. The molecule has 0 amide bonds. The molecule has 0 aromatic heterocycles. The zero-order valence-corrected chi connectivity index (χ0v) is 13.8. The van der Waals surface area contributed by atoms with Crippen LogP contribution in [0.4, 0.5) is 0 Å². The van der Waals surface area contributed by atoms with Crippen LogP contribution in [0, 0.1) is 6.92 Å². The standard InChI is InChI=1S/C16H14Br2O/c1-10-2-4-13(17)9-14(10)16(18)12-3-5-15-11(8-12)6-7-19-15/h2-5,8-9,16H,6-7H2,1H3. The van der Waals surface area contributed by atoms with Gasteiger partial charge >= 0.3 is 0 Å². The molecule has 0 radical (unpaired) electrons. The lowest BCUT2D eigenvalue weighted by Gasteiger charge is -2.15. The zero-order valence-electron chi connectivity index (χ0n) is 10.6. The summed E-state index contributed by atoms with van der Waals surface area (Å²) in [5, 5.41) is 0. The first-order valence-corrected chi connectivity index (χ1v) is 8.02. The highest BCUT2D eigenvalue weighted by Crippen LogP contribution is 2.37. The number of rotatable bonds is 2. The Bertz CT molecular complexity index is 622. The molecule has 2 aromatic carbocycles. The first-order chi connectivity index (χ1) is 9.15. The van der Waals surface area contributed by atoms with Gasteiger partial charge < -0.3 is 4.74 Å². The van der Waals surface area contributed by atoms with Crippen LogP contribution in [0.25, 0.3) is 0 Å². The molecule has 19 heavy (non-hydrogen) atoms. The summed E-state index contributed by atoms with van der Waals surface area (Å²) in [5.74, 6) is 1.04. The monoisotopic (exact) mass is 380 g/mol. The molecule has 98 valence electrons. The van der Waals surface area contributed by atoms with Crippen molar-refractivity contribution in [3.8, 4) is 5.75 Å². The molecule has 0 spiro atoms. The molecule has 3 rings (SSSR count). The lowest BCUT2D eigenvalue weighted by molar-refractivity contribution is 0.357. The highest BCUT2D eigenvalue weighted by Gasteiger charge is 2.17. The van der Waals surface area contributed by atoms with Gasteiger partial charge in [0, 0.05) is 10.9 Å². The third-order valence-electron chi connectivity index (χ3n) is 3.52. The van der Waals surface area contributed by atoms with Crippen LogP contribution in [0.5, 0.6) is 5.75 Å². The van der Waals surface area contributed by atoms with E-state index in [0.29, 0.717) is 0 Å². The second kappa shape index (κ2) is 5.29. The molecule has 1 aliphatic heterocycles. The van der Waals surface area contributed by atoms with E-state index in [1.54, 1.807) is 0 Å². The van der Waals surface area contributed by atoms with Crippen molar-refractivity contribution in [2.24, 2.45) is 0 Å². The molecule has 0 bridgehead atoms. The second-order valence-corrected chi connectivity index (χ2v) is 6.66. The van der Waals surface area contributed by atoms with Gasteiger partial charge in [-0.1, -0.05) is 50.1 Å². The molecule has 1 heterocycles. The normalized spacial score (nSPS) is 14.9. The number of fused-ring (bicyclic) bond motifs is 1. The van der Waals surface area contributed by atoms with Gasteiger partial charge in [0.05, 0.1) is 11.4 Å². The van der Waals surface area contributed by atoms with E-state index in [1.807, 2.05) is 0 Å². The van der Waals surface area contributed by atoms with Gasteiger partial charge in [0.2, 0.25) is 0 Å². The number of aryl methyl sites for hydroxylation is 1. The lowest BCUT2D eigenvalue weighted by Crippen LogP contribution is -1.96. The summed E-state index contributed by atoms with van der Waals surface area (Å²) in [5.41, 5.74) is 5.19. The highest BCUT2D eigenvalue weighted by molar-refractivity contribution is 9.10. The maximum Gasteiger partial charge on any atom is 0.122 e. The summed E-state index contributed by atoms with van der Waals surface area (Å²) in [7, 11) is 0. The van der Waals surface area contributed by atoms with E-state index in [0.717, 1.165) is 23.2 Å². The fourth-order valence-corrected chi connectivity index (χ4v) is 3.58. The summed E-state index contributed by atoms with van der Waals surface area (Å²) in [6.07, 6.45) is 1.01. The first-order valence-electron chi connectivity index (χ1n) is 6.31. The van der Waals surface area contributed by atoms with E-state index in [-0.39, 0.29) is 4.83 Å². The largest absolute Gasteiger partial charge is 0.493 e. The summed E-state index contributed by atoms with van der Waals surface area (Å²) < 4.78 is 6.67. The Kier molecular flexibility index (Phi) is 3.68. The number of hydrogen-bond acceptors (Lipinski definition) is 1. The molecular weight excluding hydrogens is 368 g/mol. The van der Waals surface area contributed by atoms with Gasteiger partial charge in [-0.3, -0.25) is 0 Å². The Balaban J connectivity index is 1.99. The van der Waals surface area contributed by atoms with E-state index in [1.165, 1.54) is 22.3 Å². The molecule has 0 N–H and O–H groups in total. The van der Waals surface area contributed by atoms with Gasteiger partial charge in [0.15, 0.2) is 0 Å². The Hall–Kier alpha value is -0.800. The van der Waals surface area contributed by atoms with Crippen LogP contribution in [0.1, 0.15) is 27.1 Å². The Labute approximate surface area is 130 Å². The molecule has 0 saturated heterocycles. The van der Waals surface area contributed by atoms with E-state index in [9.17, 15) is 0 Å². The van der Waals surface area contributed by atoms with Crippen molar-refractivity contribution in [1.29, 1.82) is 0 Å². The van der Waals surface area contributed by atoms with Crippen molar-refractivity contribution in [2.45, 2.75) is 18.2 Å². The van der Waals surface area contributed by atoms with Gasteiger partial charge in [-0.2, -0.15) is 0 Å². The van der Waals surface area contributed by atoms with Gasteiger partial charge in [-0.25, -0.2) is 0 Å². The van der Waals surface area contributed by atoms with Crippen molar-refractivity contribution in [1.82, 2.24) is 0 Å². The number of halogens is 2. The average Bonchev–Trinajstić information content (AvgIpc) is 2.88. The van der Waals surface area contributed by atoms with Crippen molar-refractivity contribution in [3.63, 3.8) is 0 Å². The van der Waals surface area contributed by atoms with Crippen LogP contribution < -0.4 is 4.74 Å². The Morgan fingerprint density at radius 2 is 2.00 bits per heavy atom. The first kappa shape index (κ1) is 13.2. The maximum absolute atomic E-state index is 5.56. The number of ether oxygens (including phenoxy) is 1. The summed E-state index contributed by atoms with van der Waals surface area (Å²) in [6.45, 7) is 2.95. The van der Waals surface area contributed by atoms with Gasteiger partial charge in [0.25, 0.3) is 0 Å². The van der Waals surface area contributed by atoms with Crippen LogP contribution >= 0.6 is 31.9 Å². The maximum atomic E-state index is 5.56. The van der Waals surface area contributed by atoms with Gasteiger partial charge in [-0.15, -0.1) is 0 Å². The molecule has 1 nitrogen and oxygen atoms in total. The third-order valence-corrected chi connectivity index (χ3v) is 5.04. The van der Waals surface area contributed by atoms with Crippen LogP contribution in [0.2, 0.25) is 0 Å². The van der Waals surface area contributed by atoms with E-state index < -0.39 is 0 Å². The fraction of sp³-hybridized carbons (Fsp3) is 0.250. The molecule has 0 saturated carbocycles. The SMILES string of the molecule is Cc1ccc(Br)cc1C(Br)c1ccc2c(c1)CCO2. The summed E-state index contributed by atoms with van der Waals surface area (Å²) in [6, 6.07) is 12.9. The quantitative estimate of drug-likeness (QED) is 0.651. The molecule has 1 unspecified atom stereocenters. The third kappa shape index (κ3) is 2.59. The van der Waals surface area contributed by atoms with Gasteiger partial charge in [-0.05, 0) is 47.4 Å². The van der Waals surface area contributed by atoms with Crippen LogP contribution in [0.15, 0.2) is 40.9 Å². The predicted octanol–water partition coefficient (Wildman–Crippen LogP) is 5.18. The molecule has 0 fully saturated rings. The van der Waals surface area contributed by atoms with Crippen LogP contribution in [0.3, 0.4) is 0 Å². The number of benzene rings is 2. The minimum Gasteiger partial charge on any atom is -0.493 e. The predicted molar refractivity (Wildman–Crippen MR) is 85.3 cm³/mol. The molecule has 3 heteroatoms. The fourth-order valence-electron chi connectivity index (χ4n) is 2.43. The van der Waals surface area contributed by atoms with Crippen molar-refractivity contribution in [3.05, 3.63) is 63.1 Å². The number of alkyl halides is 1.